The van der Waals surface area contributed by atoms with Crippen LogP contribution in [0, 0.1) is 0 Å². The first-order chi connectivity index (χ1) is 12.3. The molecule has 1 aromatic heterocycles. The van der Waals surface area contributed by atoms with Crippen molar-refractivity contribution in [3.63, 3.8) is 0 Å². The Bertz CT molecular complexity index is 921. The Morgan fingerprint density at radius 1 is 1.12 bits per heavy atom. The van der Waals surface area contributed by atoms with E-state index in [-0.39, 0.29) is 10.6 Å². The van der Waals surface area contributed by atoms with Crippen molar-refractivity contribution in [3.8, 4) is 5.69 Å². The maximum absolute atomic E-state index is 13.8. The maximum atomic E-state index is 13.8. The number of nitrogens with zero attached hydrogens (tertiary/aromatic N) is 2. The van der Waals surface area contributed by atoms with Crippen LogP contribution in [0.15, 0.2) is 41.3 Å². The predicted octanol–water partition coefficient (Wildman–Crippen LogP) is 3.75. The van der Waals surface area contributed by atoms with Gasteiger partial charge in [0.25, 0.3) is 6.43 Å². The van der Waals surface area contributed by atoms with Gasteiger partial charge in [-0.05, 0) is 61.6 Å². The highest BCUT2D eigenvalue weighted by atomic mass is 32.2. The molecule has 26 heavy (non-hydrogen) atoms. The lowest BCUT2D eigenvalue weighted by Gasteiger charge is -2.14. The molecule has 1 heterocycles. The average molecular weight is 385 g/mol. The topological polar surface area (TPSA) is 78.0 Å². The third-order valence-corrected chi connectivity index (χ3v) is 5.19. The third-order valence-electron chi connectivity index (χ3n) is 4.26. The summed E-state index contributed by atoms with van der Waals surface area (Å²) in [6, 6.07) is 6.84. The number of aromatic nitrogens is 2. The molecule has 9 heteroatoms. The number of sulfonamides is 1. The minimum absolute atomic E-state index is 0.0805. The fourth-order valence-electron chi connectivity index (χ4n) is 2.94. The number of primary sulfonamides is 1. The molecule has 1 aromatic carbocycles. The number of halogens is 3. The first-order valence-corrected chi connectivity index (χ1v) is 9.67. The van der Waals surface area contributed by atoms with Gasteiger partial charge in [-0.15, -0.1) is 0 Å². The van der Waals surface area contributed by atoms with Gasteiger partial charge in [0.15, 0.2) is 0 Å². The van der Waals surface area contributed by atoms with Gasteiger partial charge >= 0.3 is 0 Å². The summed E-state index contributed by atoms with van der Waals surface area (Å²) in [5.74, 6) is 0. The van der Waals surface area contributed by atoms with Crippen LogP contribution < -0.4 is 5.14 Å². The van der Waals surface area contributed by atoms with Crippen molar-refractivity contribution in [2.24, 2.45) is 5.14 Å². The third kappa shape index (κ3) is 3.83. The largest absolute Gasteiger partial charge is 0.275 e. The van der Waals surface area contributed by atoms with E-state index in [1.807, 2.05) is 6.08 Å². The molecule has 1 atom stereocenters. The van der Waals surface area contributed by atoms with Crippen LogP contribution in [0.1, 0.15) is 43.2 Å². The molecule has 1 aliphatic carbocycles. The van der Waals surface area contributed by atoms with E-state index < -0.39 is 22.6 Å². The Balaban J connectivity index is 2.08. The summed E-state index contributed by atoms with van der Waals surface area (Å²) >= 11 is 0. The molecular weight excluding hydrogens is 367 g/mol. The maximum Gasteiger partial charge on any atom is 0.275 e. The minimum Gasteiger partial charge on any atom is -0.234 e. The monoisotopic (exact) mass is 385 g/mol. The Morgan fingerprint density at radius 3 is 2.35 bits per heavy atom. The lowest BCUT2D eigenvalue weighted by Crippen LogP contribution is -2.12. The molecule has 0 radical (unpaired) electrons. The van der Waals surface area contributed by atoms with Gasteiger partial charge in [0.05, 0.1) is 16.3 Å². The van der Waals surface area contributed by atoms with Crippen molar-refractivity contribution in [2.75, 3.05) is 0 Å². The normalized spacial score (nSPS) is 16.6. The quantitative estimate of drug-likeness (QED) is 0.851. The summed E-state index contributed by atoms with van der Waals surface area (Å²) in [6.07, 6.45) is -0.0740. The van der Waals surface area contributed by atoms with Crippen LogP contribution in [0.25, 0.3) is 11.3 Å². The van der Waals surface area contributed by atoms with Gasteiger partial charge in [-0.25, -0.2) is 31.4 Å². The van der Waals surface area contributed by atoms with E-state index >= 15 is 0 Å². The predicted molar refractivity (Wildman–Crippen MR) is 91.2 cm³/mol. The summed E-state index contributed by atoms with van der Waals surface area (Å²) in [7, 11) is -3.85. The summed E-state index contributed by atoms with van der Waals surface area (Å²) in [4.78, 5) is -0.0805. The number of rotatable bonds is 5. The van der Waals surface area contributed by atoms with E-state index in [2.05, 4.69) is 5.10 Å². The molecule has 2 aromatic rings. The van der Waals surface area contributed by atoms with Gasteiger partial charge in [0.1, 0.15) is 5.69 Å². The lowest BCUT2D eigenvalue weighted by molar-refractivity contribution is 0.0471. The number of hydrogen-bond donors (Lipinski definition) is 1. The second-order valence-corrected chi connectivity index (χ2v) is 7.68. The molecule has 1 aliphatic rings. The first kappa shape index (κ1) is 18.7. The molecule has 0 saturated carbocycles. The van der Waals surface area contributed by atoms with Crippen molar-refractivity contribution in [2.45, 2.75) is 43.2 Å². The average Bonchev–Trinajstić information content (AvgIpc) is 3.06. The van der Waals surface area contributed by atoms with Crippen LogP contribution in [0.5, 0.6) is 0 Å². The van der Waals surface area contributed by atoms with Crippen molar-refractivity contribution >= 4 is 15.6 Å². The Labute approximate surface area is 149 Å². The molecular formula is C17H18F3N3O2S. The summed E-state index contributed by atoms with van der Waals surface area (Å²) in [5.41, 5.74) is 1.53. The van der Waals surface area contributed by atoms with E-state index in [1.165, 1.54) is 35.0 Å². The fraction of sp³-hybridized carbons (Fsp3) is 0.353. The molecule has 3 rings (SSSR count). The van der Waals surface area contributed by atoms with Crippen LogP contribution in [-0.4, -0.2) is 24.6 Å². The highest BCUT2D eigenvalue weighted by molar-refractivity contribution is 7.89. The van der Waals surface area contributed by atoms with Crippen LogP contribution >= 0.6 is 0 Å². The number of allylic oxidation sites excluding steroid dienone is 2. The van der Waals surface area contributed by atoms with Gasteiger partial charge < -0.3 is 0 Å². The molecule has 5 nitrogen and oxygen atoms in total. The van der Waals surface area contributed by atoms with Crippen LogP contribution in [0.3, 0.4) is 0 Å². The molecule has 140 valence electrons. The van der Waals surface area contributed by atoms with Crippen LogP contribution in [0.4, 0.5) is 13.2 Å². The van der Waals surface area contributed by atoms with Crippen molar-refractivity contribution in [3.05, 3.63) is 47.8 Å². The highest BCUT2D eigenvalue weighted by Gasteiger charge is 2.27. The van der Waals surface area contributed by atoms with Gasteiger partial charge in [-0.2, -0.15) is 5.10 Å². The van der Waals surface area contributed by atoms with E-state index in [4.69, 9.17) is 5.14 Å². The van der Waals surface area contributed by atoms with Gasteiger partial charge in [0, 0.05) is 0 Å². The second-order valence-electron chi connectivity index (χ2n) is 6.12. The zero-order chi connectivity index (χ0) is 18.9. The first-order valence-electron chi connectivity index (χ1n) is 8.12. The standard InChI is InChI=1S/C17H18F3N3O2S/c18-16(17(19)20)14-10-15(11-4-2-1-3-5-11)23(22-14)12-6-8-13(9-7-12)26(21,24)25/h4,6-10,16-17H,1-3,5H2,(H2,21,24,25). The van der Waals surface area contributed by atoms with Crippen LogP contribution in [0.2, 0.25) is 0 Å². The van der Waals surface area contributed by atoms with Crippen LogP contribution in [-0.2, 0) is 10.0 Å². The minimum atomic E-state index is -3.85. The number of alkyl halides is 3. The number of hydrogen-bond acceptors (Lipinski definition) is 3. The molecule has 0 saturated heterocycles. The number of nitrogens with two attached hydrogens (primary N) is 1. The number of benzene rings is 1. The van der Waals surface area contributed by atoms with E-state index in [1.54, 1.807) is 0 Å². The molecule has 0 fully saturated rings. The fourth-order valence-corrected chi connectivity index (χ4v) is 3.45. The van der Waals surface area contributed by atoms with Gasteiger partial charge in [-0.3, -0.25) is 0 Å². The highest BCUT2D eigenvalue weighted by Crippen LogP contribution is 2.32. The van der Waals surface area contributed by atoms with Crippen molar-refractivity contribution in [1.82, 2.24) is 9.78 Å². The molecule has 0 bridgehead atoms. The SMILES string of the molecule is NS(=O)(=O)c1ccc(-n2nc(C(F)C(F)F)cc2C2=CCCCC2)cc1. The molecule has 0 aliphatic heterocycles. The Hall–Kier alpha value is -2.13. The summed E-state index contributed by atoms with van der Waals surface area (Å²) in [6.45, 7) is 0. The van der Waals surface area contributed by atoms with E-state index in [9.17, 15) is 21.6 Å². The Kier molecular flexibility index (Phi) is 5.19. The second kappa shape index (κ2) is 7.24. The van der Waals surface area contributed by atoms with E-state index in [0.29, 0.717) is 11.4 Å². The zero-order valence-electron chi connectivity index (χ0n) is 13.8. The molecule has 1 unspecified atom stereocenters. The van der Waals surface area contributed by atoms with Crippen molar-refractivity contribution in [1.29, 1.82) is 0 Å². The summed E-state index contributed by atoms with van der Waals surface area (Å²) in [5, 5.41) is 9.09. The Morgan fingerprint density at radius 2 is 1.81 bits per heavy atom. The lowest BCUT2D eigenvalue weighted by atomic mass is 9.96. The van der Waals surface area contributed by atoms with Crippen molar-refractivity contribution < 1.29 is 21.6 Å². The molecule has 0 amide bonds. The van der Waals surface area contributed by atoms with Gasteiger partial charge in [-0.1, -0.05) is 6.08 Å². The van der Waals surface area contributed by atoms with E-state index in [0.717, 1.165) is 31.3 Å². The molecule has 2 N–H and O–H groups in total. The van der Waals surface area contributed by atoms with Gasteiger partial charge in [0.2, 0.25) is 16.2 Å². The summed E-state index contributed by atoms with van der Waals surface area (Å²) < 4.78 is 63.5. The molecule has 0 spiro atoms. The zero-order valence-corrected chi connectivity index (χ0v) is 14.6. The smallest absolute Gasteiger partial charge is 0.234 e.